The van der Waals surface area contributed by atoms with Crippen LogP contribution < -0.4 is 26.8 Å². The van der Waals surface area contributed by atoms with E-state index in [0.717, 1.165) is 0 Å². The molecule has 0 radical (unpaired) electrons. The molecular formula is C24H24Cl2N4O6. The monoisotopic (exact) mass is 534 g/mol. The van der Waals surface area contributed by atoms with Gasteiger partial charge in [0.15, 0.2) is 0 Å². The first kappa shape index (κ1) is 27.1. The van der Waals surface area contributed by atoms with Crippen molar-refractivity contribution in [3.8, 4) is 0 Å². The van der Waals surface area contributed by atoms with Crippen molar-refractivity contribution in [1.82, 2.24) is 4.98 Å². The van der Waals surface area contributed by atoms with Gasteiger partial charge in [-0.15, -0.1) is 0 Å². The molecule has 0 aliphatic heterocycles. The predicted octanol–water partition coefficient (Wildman–Crippen LogP) is 3.18. The van der Waals surface area contributed by atoms with E-state index < -0.39 is 28.8 Å². The molecule has 1 atom stereocenters. The van der Waals surface area contributed by atoms with Gasteiger partial charge in [0, 0.05) is 44.3 Å². The lowest BCUT2D eigenvalue weighted by Crippen LogP contribution is -2.42. The number of hydrogen-bond acceptors (Lipinski definition) is 8. The van der Waals surface area contributed by atoms with Gasteiger partial charge in [-0.05, 0) is 31.0 Å². The molecule has 0 bridgehead atoms. The second-order valence-corrected chi connectivity index (χ2v) is 8.57. The molecule has 10 nitrogen and oxygen atoms in total. The van der Waals surface area contributed by atoms with Crippen LogP contribution in [-0.4, -0.2) is 47.8 Å². The minimum atomic E-state index is -1.19. The van der Waals surface area contributed by atoms with E-state index in [2.05, 4.69) is 20.9 Å². The van der Waals surface area contributed by atoms with Crippen LogP contribution in [0.3, 0.4) is 0 Å². The highest BCUT2D eigenvalue weighted by atomic mass is 35.5. The van der Waals surface area contributed by atoms with Gasteiger partial charge in [-0.25, -0.2) is 4.79 Å². The van der Waals surface area contributed by atoms with Crippen molar-refractivity contribution in [2.75, 3.05) is 35.7 Å². The molecule has 0 unspecified atom stereocenters. The molecule has 0 spiro atoms. The lowest BCUT2D eigenvalue weighted by Gasteiger charge is -2.20. The van der Waals surface area contributed by atoms with Crippen LogP contribution in [0.2, 0.25) is 10.0 Å². The fourth-order valence-corrected chi connectivity index (χ4v) is 3.92. The van der Waals surface area contributed by atoms with E-state index >= 15 is 0 Å². The van der Waals surface area contributed by atoms with E-state index in [4.69, 9.17) is 27.9 Å². The zero-order valence-electron chi connectivity index (χ0n) is 19.3. The van der Waals surface area contributed by atoms with Gasteiger partial charge in [0.05, 0.1) is 15.6 Å². The van der Waals surface area contributed by atoms with Crippen molar-refractivity contribution >= 4 is 52.1 Å². The van der Waals surface area contributed by atoms with E-state index in [9.17, 15) is 24.3 Å². The van der Waals surface area contributed by atoms with Gasteiger partial charge in [0.1, 0.15) is 17.4 Å². The van der Waals surface area contributed by atoms with E-state index in [0.29, 0.717) is 37.4 Å². The zero-order chi connectivity index (χ0) is 26.2. The molecule has 3 aromatic rings. The van der Waals surface area contributed by atoms with Crippen molar-refractivity contribution in [3.05, 3.63) is 78.3 Å². The van der Waals surface area contributed by atoms with Gasteiger partial charge in [0.25, 0.3) is 16.8 Å². The normalized spacial score (nSPS) is 11.8. The largest absolute Gasteiger partial charge is 0.480 e. The van der Waals surface area contributed by atoms with Crippen LogP contribution in [0.4, 0.5) is 17.1 Å². The van der Waals surface area contributed by atoms with Gasteiger partial charge in [-0.3, -0.25) is 19.4 Å². The SMILES string of the molecule is CCOCCCNc1c(N[C@@H](Cc2ccc(NC(=O)c3c(Cl)cncc3Cl)cc2)C(=O)O)c(=O)c1=O. The summed E-state index contributed by atoms with van der Waals surface area (Å²) in [4.78, 5) is 52.1. The number of amides is 1. The Morgan fingerprint density at radius 3 is 2.31 bits per heavy atom. The summed E-state index contributed by atoms with van der Waals surface area (Å²) in [7, 11) is 0. The highest BCUT2D eigenvalue weighted by molar-refractivity contribution is 6.40. The molecule has 3 rings (SSSR count). The molecule has 0 saturated heterocycles. The maximum absolute atomic E-state index is 12.5. The quantitative estimate of drug-likeness (QED) is 0.191. The topological polar surface area (TPSA) is 147 Å². The smallest absolute Gasteiger partial charge is 0.326 e. The first-order valence-electron chi connectivity index (χ1n) is 11.1. The van der Waals surface area contributed by atoms with Crippen molar-refractivity contribution in [2.45, 2.75) is 25.8 Å². The zero-order valence-corrected chi connectivity index (χ0v) is 20.8. The van der Waals surface area contributed by atoms with Gasteiger partial charge < -0.3 is 25.8 Å². The summed E-state index contributed by atoms with van der Waals surface area (Å²) in [6.45, 7) is 3.35. The average Bonchev–Trinajstić information content (AvgIpc) is 2.85. The number of pyridine rings is 1. The summed E-state index contributed by atoms with van der Waals surface area (Å²) < 4.78 is 5.23. The molecule has 2 aromatic carbocycles. The highest BCUT2D eigenvalue weighted by Crippen LogP contribution is 2.24. The van der Waals surface area contributed by atoms with Crippen LogP contribution in [0.15, 0.2) is 46.2 Å². The van der Waals surface area contributed by atoms with Gasteiger partial charge >= 0.3 is 5.97 Å². The van der Waals surface area contributed by atoms with Crippen LogP contribution in [0.5, 0.6) is 0 Å². The summed E-state index contributed by atoms with van der Waals surface area (Å²) in [5.41, 5.74) is -0.269. The molecule has 1 aromatic heterocycles. The molecule has 12 heteroatoms. The maximum atomic E-state index is 12.5. The number of carboxylic acid groups (broad SMARTS) is 1. The first-order chi connectivity index (χ1) is 17.2. The second kappa shape index (κ2) is 12.5. The van der Waals surface area contributed by atoms with Crippen LogP contribution in [0.1, 0.15) is 29.3 Å². The van der Waals surface area contributed by atoms with Crippen LogP contribution in [0.25, 0.3) is 0 Å². The Kier molecular flexibility index (Phi) is 9.40. The Labute approximate surface area is 216 Å². The number of nitrogens with one attached hydrogen (secondary N) is 3. The van der Waals surface area contributed by atoms with Crippen molar-refractivity contribution in [1.29, 1.82) is 0 Å². The minimum absolute atomic E-state index is 0.0220. The van der Waals surface area contributed by atoms with Crippen LogP contribution >= 0.6 is 23.2 Å². The predicted molar refractivity (Wildman–Crippen MR) is 138 cm³/mol. The fraction of sp³-hybridized carbons (Fsp3) is 0.292. The van der Waals surface area contributed by atoms with E-state index in [1.54, 1.807) is 24.3 Å². The molecule has 4 N–H and O–H groups in total. The third-order valence-electron chi connectivity index (χ3n) is 5.23. The van der Waals surface area contributed by atoms with E-state index in [-0.39, 0.29) is 33.4 Å². The Hall–Kier alpha value is -3.47. The molecule has 190 valence electrons. The number of nitrogens with zero attached hydrogens (tertiary/aromatic N) is 1. The van der Waals surface area contributed by atoms with Crippen LogP contribution in [0, 0.1) is 0 Å². The van der Waals surface area contributed by atoms with Gasteiger partial charge in [-0.2, -0.15) is 0 Å². The number of hydrogen-bond donors (Lipinski definition) is 4. The average molecular weight is 535 g/mol. The van der Waals surface area contributed by atoms with Crippen molar-refractivity contribution < 1.29 is 19.4 Å². The minimum Gasteiger partial charge on any atom is -0.480 e. The standard InChI is InChI=1S/C24H24Cl2N4O6/c1-2-36-9-3-8-28-19-20(22(32)21(19)31)30-17(24(34)35)10-13-4-6-14(7-5-13)29-23(33)18-15(25)11-27-12-16(18)26/h4-7,11-12,17,28,30H,2-3,8-10H2,1H3,(H,29,33)(H,34,35)/t17-/m0/s1. The molecule has 1 amide bonds. The highest BCUT2D eigenvalue weighted by Gasteiger charge is 2.26. The summed E-state index contributed by atoms with van der Waals surface area (Å²) in [5, 5.41) is 18.1. The second-order valence-electron chi connectivity index (χ2n) is 7.75. The number of aromatic nitrogens is 1. The Morgan fingerprint density at radius 2 is 1.69 bits per heavy atom. The molecule has 1 heterocycles. The fourth-order valence-electron chi connectivity index (χ4n) is 3.39. The molecule has 0 saturated carbocycles. The van der Waals surface area contributed by atoms with Crippen molar-refractivity contribution in [3.63, 3.8) is 0 Å². The molecule has 0 fully saturated rings. The summed E-state index contributed by atoms with van der Waals surface area (Å²) in [6, 6.07) is 5.30. The summed E-state index contributed by atoms with van der Waals surface area (Å²) in [6.07, 6.45) is 3.26. The molecule has 0 aliphatic rings. The lowest BCUT2D eigenvalue weighted by molar-refractivity contribution is -0.137. The number of benzene rings is 1. The van der Waals surface area contributed by atoms with Gasteiger partial charge in [0.2, 0.25) is 0 Å². The number of aliphatic carboxylic acids is 1. The van der Waals surface area contributed by atoms with E-state index in [1.807, 2.05) is 6.92 Å². The molecule has 36 heavy (non-hydrogen) atoms. The maximum Gasteiger partial charge on any atom is 0.326 e. The number of carboxylic acids is 1. The summed E-state index contributed by atoms with van der Waals surface area (Å²) in [5.74, 6) is -1.71. The third kappa shape index (κ3) is 6.60. The molecule has 0 aliphatic carbocycles. The van der Waals surface area contributed by atoms with Gasteiger partial charge in [-0.1, -0.05) is 35.3 Å². The number of halogens is 2. The number of rotatable bonds is 13. The van der Waals surface area contributed by atoms with Crippen LogP contribution in [-0.2, 0) is 16.0 Å². The summed E-state index contributed by atoms with van der Waals surface area (Å²) >= 11 is 12.0. The number of ether oxygens (including phenoxy) is 1. The number of carbonyl (C=O) groups is 2. The lowest BCUT2D eigenvalue weighted by atomic mass is 10.0. The van der Waals surface area contributed by atoms with Crippen molar-refractivity contribution in [2.24, 2.45) is 0 Å². The Morgan fingerprint density at radius 1 is 1.06 bits per heavy atom. The Bertz CT molecular complexity index is 1290. The Balaban J connectivity index is 1.64. The first-order valence-corrected chi connectivity index (χ1v) is 11.8. The third-order valence-corrected chi connectivity index (χ3v) is 5.80. The number of anilines is 3. The molecular weight excluding hydrogens is 511 g/mol. The number of carbonyl (C=O) groups excluding carboxylic acids is 1. The van der Waals surface area contributed by atoms with E-state index in [1.165, 1.54) is 12.4 Å².